The van der Waals surface area contributed by atoms with E-state index in [1.54, 1.807) is 25.3 Å². The summed E-state index contributed by atoms with van der Waals surface area (Å²) in [6.07, 6.45) is 2.14. The quantitative estimate of drug-likeness (QED) is 0.872. The Labute approximate surface area is 136 Å². The summed E-state index contributed by atoms with van der Waals surface area (Å²) in [5.41, 5.74) is 0.561. The van der Waals surface area contributed by atoms with E-state index in [1.807, 2.05) is 4.90 Å². The maximum atomic E-state index is 12.3. The second-order valence-electron chi connectivity index (χ2n) is 5.73. The number of methoxy groups -OCH3 is 1. The molecule has 1 fully saturated rings. The van der Waals surface area contributed by atoms with Gasteiger partial charge in [-0.2, -0.15) is 0 Å². The van der Waals surface area contributed by atoms with E-state index in [-0.39, 0.29) is 25.1 Å². The van der Waals surface area contributed by atoms with Crippen LogP contribution in [0.3, 0.4) is 0 Å². The van der Waals surface area contributed by atoms with Crippen LogP contribution >= 0.6 is 11.6 Å². The van der Waals surface area contributed by atoms with Crippen molar-refractivity contribution in [3.8, 4) is 5.75 Å². The summed E-state index contributed by atoms with van der Waals surface area (Å²) in [5.74, 6) is 0.837. The molecule has 22 heavy (non-hydrogen) atoms. The van der Waals surface area contributed by atoms with E-state index in [2.05, 4.69) is 12.2 Å². The SMILES string of the molecule is COc1ccc(Cl)cc1NC(=O)CN1CCCC(C)C1CO. The van der Waals surface area contributed by atoms with Crippen LogP contribution < -0.4 is 10.1 Å². The molecule has 2 N–H and O–H groups in total. The number of hydrogen-bond acceptors (Lipinski definition) is 4. The highest BCUT2D eigenvalue weighted by Crippen LogP contribution is 2.28. The molecule has 2 atom stereocenters. The van der Waals surface area contributed by atoms with Gasteiger partial charge in [-0.05, 0) is 43.5 Å². The number of piperidine rings is 1. The van der Waals surface area contributed by atoms with Crippen LogP contribution in [0, 0.1) is 5.92 Å². The first kappa shape index (κ1) is 17.1. The minimum Gasteiger partial charge on any atom is -0.495 e. The first-order chi connectivity index (χ1) is 10.5. The molecule has 0 saturated carbocycles. The van der Waals surface area contributed by atoms with Crippen molar-refractivity contribution in [2.24, 2.45) is 5.92 Å². The Morgan fingerprint density at radius 2 is 2.32 bits per heavy atom. The van der Waals surface area contributed by atoms with Gasteiger partial charge in [0.05, 0.1) is 25.9 Å². The first-order valence-corrected chi connectivity index (χ1v) is 7.91. The molecule has 1 amide bonds. The average molecular weight is 327 g/mol. The number of aliphatic hydroxyl groups excluding tert-OH is 1. The normalized spacial score (nSPS) is 22.4. The fourth-order valence-corrected chi connectivity index (χ4v) is 3.15. The van der Waals surface area contributed by atoms with Crippen molar-refractivity contribution >= 4 is 23.2 Å². The first-order valence-electron chi connectivity index (χ1n) is 7.53. The number of carbonyl (C=O) groups excluding carboxylic acids is 1. The van der Waals surface area contributed by atoms with E-state index in [0.717, 1.165) is 19.4 Å². The number of rotatable bonds is 5. The molecule has 0 aromatic heterocycles. The molecule has 6 heteroatoms. The van der Waals surface area contributed by atoms with Gasteiger partial charge in [0.2, 0.25) is 5.91 Å². The smallest absolute Gasteiger partial charge is 0.238 e. The van der Waals surface area contributed by atoms with Crippen LogP contribution in [-0.2, 0) is 4.79 Å². The number of halogens is 1. The van der Waals surface area contributed by atoms with Crippen LogP contribution in [0.5, 0.6) is 5.75 Å². The Bertz CT molecular complexity index is 524. The lowest BCUT2D eigenvalue weighted by Gasteiger charge is -2.38. The number of hydrogen-bond donors (Lipinski definition) is 2. The molecule has 0 spiro atoms. The van der Waals surface area contributed by atoms with Gasteiger partial charge in [-0.25, -0.2) is 0 Å². The van der Waals surface area contributed by atoms with Crippen LogP contribution in [-0.4, -0.2) is 48.8 Å². The topological polar surface area (TPSA) is 61.8 Å². The minimum absolute atomic E-state index is 0.0424. The zero-order chi connectivity index (χ0) is 16.1. The number of nitrogens with zero attached hydrogens (tertiary/aromatic N) is 1. The minimum atomic E-state index is -0.131. The number of likely N-dealkylation sites (tertiary alicyclic amines) is 1. The van der Waals surface area contributed by atoms with Gasteiger partial charge in [-0.15, -0.1) is 0 Å². The third kappa shape index (κ3) is 4.12. The zero-order valence-corrected chi connectivity index (χ0v) is 13.8. The summed E-state index contributed by atoms with van der Waals surface area (Å²) < 4.78 is 5.22. The van der Waals surface area contributed by atoms with Crippen molar-refractivity contribution in [1.82, 2.24) is 4.90 Å². The maximum Gasteiger partial charge on any atom is 0.238 e. The number of ether oxygens (including phenoxy) is 1. The van der Waals surface area contributed by atoms with E-state index >= 15 is 0 Å². The standard InChI is InChI=1S/C16H23ClN2O3/c1-11-4-3-7-19(14(11)10-20)9-16(21)18-13-8-12(17)5-6-15(13)22-2/h5-6,8,11,14,20H,3-4,7,9-10H2,1-2H3,(H,18,21). The van der Waals surface area contributed by atoms with E-state index in [9.17, 15) is 9.90 Å². The molecule has 0 aliphatic carbocycles. The van der Waals surface area contributed by atoms with E-state index in [1.165, 1.54) is 0 Å². The van der Waals surface area contributed by atoms with Crippen molar-refractivity contribution in [2.45, 2.75) is 25.8 Å². The molecular weight excluding hydrogens is 304 g/mol. The van der Waals surface area contributed by atoms with Gasteiger partial charge < -0.3 is 15.2 Å². The lowest BCUT2D eigenvalue weighted by atomic mass is 9.91. The molecule has 2 unspecified atom stereocenters. The molecule has 1 saturated heterocycles. The predicted molar refractivity (Wildman–Crippen MR) is 87.5 cm³/mol. The third-order valence-corrected chi connectivity index (χ3v) is 4.44. The van der Waals surface area contributed by atoms with Crippen LogP contribution in [0.15, 0.2) is 18.2 Å². The van der Waals surface area contributed by atoms with E-state index < -0.39 is 0 Å². The molecule has 1 aromatic carbocycles. The lowest BCUT2D eigenvalue weighted by molar-refractivity contribution is -0.118. The highest BCUT2D eigenvalue weighted by molar-refractivity contribution is 6.31. The van der Waals surface area contributed by atoms with Gasteiger partial charge in [-0.3, -0.25) is 9.69 Å². The maximum absolute atomic E-state index is 12.3. The molecule has 0 radical (unpaired) electrons. The Balaban J connectivity index is 2.02. The largest absolute Gasteiger partial charge is 0.495 e. The summed E-state index contributed by atoms with van der Waals surface area (Å²) >= 11 is 5.96. The zero-order valence-electron chi connectivity index (χ0n) is 13.0. The summed E-state index contributed by atoms with van der Waals surface area (Å²) in [6.45, 7) is 3.28. The van der Waals surface area contributed by atoms with E-state index in [0.29, 0.717) is 22.4 Å². The summed E-state index contributed by atoms with van der Waals surface area (Å²) in [6, 6.07) is 5.14. The van der Waals surface area contributed by atoms with Crippen molar-refractivity contribution < 1.29 is 14.6 Å². The molecule has 1 aliphatic heterocycles. The van der Waals surface area contributed by atoms with Crippen molar-refractivity contribution in [1.29, 1.82) is 0 Å². The number of anilines is 1. The Morgan fingerprint density at radius 1 is 1.55 bits per heavy atom. The summed E-state index contributed by atoms with van der Waals surface area (Å²) in [7, 11) is 1.55. The number of benzene rings is 1. The van der Waals surface area contributed by atoms with Crippen LogP contribution in [0.4, 0.5) is 5.69 Å². The number of amides is 1. The summed E-state index contributed by atoms with van der Waals surface area (Å²) in [5, 5.41) is 12.9. The number of carbonyl (C=O) groups is 1. The molecule has 0 bridgehead atoms. The molecule has 5 nitrogen and oxygen atoms in total. The fourth-order valence-electron chi connectivity index (χ4n) is 2.98. The van der Waals surface area contributed by atoms with Crippen LogP contribution in [0.25, 0.3) is 0 Å². The van der Waals surface area contributed by atoms with Gasteiger partial charge in [0.15, 0.2) is 0 Å². The molecule has 1 heterocycles. The van der Waals surface area contributed by atoms with E-state index in [4.69, 9.17) is 16.3 Å². The highest BCUT2D eigenvalue weighted by atomic mass is 35.5. The summed E-state index contributed by atoms with van der Waals surface area (Å²) in [4.78, 5) is 14.3. The Kier molecular flexibility index (Phi) is 6.06. The van der Waals surface area contributed by atoms with Gasteiger partial charge in [0.1, 0.15) is 5.75 Å². The molecular formula is C16H23ClN2O3. The number of aliphatic hydroxyl groups is 1. The van der Waals surface area contributed by atoms with Crippen LogP contribution in [0.2, 0.25) is 5.02 Å². The molecule has 2 rings (SSSR count). The highest BCUT2D eigenvalue weighted by Gasteiger charge is 2.29. The van der Waals surface area contributed by atoms with Crippen molar-refractivity contribution in [3.63, 3.8) is 0 Å². The third-order valence-electron chi connectivity index (χ3n) is 4.20. The monoisotopic (exact) mass is 326 g/mol. The number of nitrogens with one attached hydrogen (secondary N) is 1. The van der Waals surface area contributed by atoms with Crippen LogP contribution in [0.1, 0.15) is 19.8 Å². The molecule has 122 valence electrons. The average Bonchev–Trinajstić information content (AvgIpc) is 2.47. The lowest BCUT2D eigenvalue weighted by Crippen LogP contribution is -2.49. The van der Waals surface area contributed by atoms with Crippen molar-refractivity contribution in [2.75, 3.05) is 32.1 Å². The second kappa shape index (κ2) is 7.81. The second-order valence-corrected chi connectivity index (χ2v) is 6.17. The van der Waals surface area contributed by atoms with Gasteiger partial charge in [-0.1, -0.05) is 18.5 Å². The van der Waals surface area contributed by atoms with Gasteiger partial charge >= 0.3 is 0 Å². The molecule has 1 aromatic rings. The Morgan fingerprint density at radius 3 is 3.00 bits per heavy atom. The Hall–Kier alpha value is -1.30. The fraction of sp³-hybridized carbons (Fsp3) is 0.562. The predicted octanol–water partition coefficient (Wildman–Crippen LogP) is 2.38. The van der Waals surface area contributed by atoms with Crippen molar-refractivity contribution in [3.05, 3.63) is 23.2 Å². The molecule has 1 aliphatic rings. The van der Waals surface area contributed by atoms with Gasteiger partial charge in [0, 0.05) is 11.1 Å². The van der Waals surface area contributed by atoms with Gasteiger partial charge in [0.25, 0.3) is 0 Å².